The maximum atomic E-state index is 12.2. The van der Waals surface area contributed by atoms with Gasteiger partial charge in [0.2, 0.25) is 5.91 Å². The molecular formula is C17H20N2O3. The Morgan fingerprint density at radius 1 is 1.18 bits per heavy atom. The normalized spacial score (nSPS) is 10.4. The van der Waals surface area contributed by atoms with Gasteiger partial charge < -0.3 is 14.6 Å². The van der Waals surface area contributed by atoms with Gasteiger partial charge in [0.15, 0.2) is 0 Å². The third-order valence-corrected chi connectivity index (χ3v) is 3.44. The number of amides is 2. The molecule has 0 fully saturated rings. The summed E-state index contributed by atoms with van der Waals surface area (Å²) in [7, 11) is 1.59. The predicted octanol–water partition coefficient (Wildman–Crippen LogP) is 2.92. The lowest BCUT2D eigenvalue weighted by atomic mass is 10.1. The number of aryl methyl sites for hydroxylation is 3. The van der Waals surface area contributed by atoms with E-state index in [-0.39, 0.29) is 18.4 Å². The Labute approximate surface area is 129 Å². The fraction of sp³-hybridized carbons (Fsp3) is 0.294. The lowest BCUT2D eigenvalue weighted by molar-refractivity contribution is -0.116. The van der Waals surface area contributed by atoms with Crippen molar-refractivity contribution in [2.75, 3.05) is 18.9 Å². The molecule has 2 aromatic rings. The highest BCUT2D eigenvalue weighted by Gasteiger charge is 2.16. The summed E-state index contributed by atoms with van der Waals surface area (Å²) in [6.07, 6.45) is 2.80. The molecule has 5 heteroatoms. The van der Waals surface area contributed by atoms with Gasteiger partial charge in [0.25, 0.3) is 5.91 Å². The van der Waals surface area contributed by atoms with E-state index in [0.29, 0.717) is 5.56 Å². The van der Waals surface area contributed by atoms with Crippen molar-refractivity contribution in [3.8, 4) is 0 Å². The van der Waals surface area contributed by atoms with E-state index in [4.69, 9.17) is 4.42 Å². The molecule has 22 heavy (non-hydrogen) atoms. The largest absolute Gasteiger partial charge is 0.472 e. The van der Waals surface area contributed by atoms with Gasteiger partial charge in [-0.1, -0.05) is 17.7 Å². The van der Waals surface area contributed by atoms with Crippen LogP contribution in [0.2, 0.25) is 0 Å². The lowest BCUT2D eigenvalue weighted by Gasteiger charge is -2.18. The molecule has 1 aromatic carbocycles. The first-order valence-electron chi connectivity index (χ1n) is 7.04. The topological polar surface area (TPSA) is 62.6 Å². The maximum absolute atomic E-state index is 12.2. The van der Waals surface area contributed by atoms with Gasteiger partial charge in [-0.05, 0) is 38.0 Å². The van der Waals surface area contributed by atoms with Crippen molar-refractivity contribution < 1.29 is 14.0 Å². The van der Waals surface area contributed by atoms with E-state index in [0.717, 1.165) is 22.4 Å². The smallest absolute Gasteiger partial charge is 0.257 e. The molecule has 0 aliphatic carbocycles. The summed E-state index contributed by atoms with van der Waals surface area (Å²) >= 11 is 0. The second kappa shape index (κ2) is 6.47. The summed E-state index contributed by atoms with van der Waals surface area (Å²) in [6.45, 7) is 5.91. The number of nitrogens with one attached hydrogen (secondary N) is 1. The highest BCUT2D eigenvalue weighted by Crippen LogP contribution is 2.21. The molecule has 5 nitrogen and oxygen atoms in total. The maximum Gasteiger partial charge on any atom is 0.257 e. The fourth-order valence-corrected chi connectivity index (χ4v) is 2.45. The van der Waals surface area contributed by atoms with Crippen LogP contribution in [-0.4, -0.2) is 30.3 Å². The summed E-state index contributed by atoms with van der Waals surface area (Å²) < 4.78 is 4.88. The molecule has 2 amide bonds. The van der Waals surface area contributed by atoms with Crippen LogP contribution in [0.1, 0.15) is 27.0 Å². The molecule has 0 spiro atoms. The number of hydrogen-bond donors (Lipinski definition) is 1. The highest BCUT2D eigenvalue weighted by atomic mass is 16.3. The number of carbonyl (C=O) groups is 2. The average Bonchev–Trinajstić information content (AvgIpc) is 2.95. The number of carbonyl (C=O) groups excluding carboxylic acids is 2. The van der Waals surface area contributed by atoms with Gasteiger partial charge in [0.1, 0.15) is 6.26 Å². The van der Waals surface area contributed by atoms with Crippen LogP contribution >= 0.6 is 0 Å². The van der Waals surface area contributed by atoms with E-state index in [1.807, 2.05) is 32.9 Å². The Balaban J connectivity index is 2.03. The second-order valence-corrected chi connectivity index (χ2v) is 5.50. The van der Waals surface area contributed by atoms with Crippen LogP contribution in [0.25, 0.3) is 0 Å². The first kappa shape index (κ1) is 15.8. The molecule has 0 aliphatic rings. The quantitative estimate of drug-likeness (QED) is 0.944. The zero-order valence-corrected chi connectivity index (χ0v) is 13.3. The van der Waals surface area contributed by atoms with Crippen molar-refractivity contribution in [3.05, 3.63) is 53.0 Å². The molecular weight excluding hydrogens is 280 g/mol. The fourth-order valence-electron chi connectivity index (χ4n) is 2.45. The number of likely N-dealkylation sites (N-methyl/N-ethyl adjacent to an activating group) is 1. The van der Waals surface area contributed by atoms with Crippen molar-refractivity contribution in [2.45, 2.75) is 20.8 Å². The molecule has 116 valence electrons. The van der Waals surface area contributed by atoms with Crippen LogP contribution in [0.4, 0.5) is 5.69 Å². The van der Waals surface area contributed by atoms with E-state index in [2.05, 4.69) is 5.32 Å². The zero-order valence-electron chi connectivity index (χ0n) is 13.3. The van der Waals surface area contributed by atoms with Crippen molar-refractivity contribution in [1.29, 1.82) is 0 Å². The van der Waals surface area contributed by atoms with Gasteiger partial charge >= 0.3 is 0 Å². The van der Waals surface area contributed by atoms with E-state index >= 15 is 0 Å². The SMILES string of the molecule is Cc1cc(C)c(NC(=O)CN(C)C(=O)c2ccoc2)c(C)c1. The van der Waals surface area contributed by atoms with Gasteiger partial charge in [-0.3, -0.25) is 9.59 Å². The van der Waals surface area contributed by atoms with Crippen molar-refractivity contribution >= 4 is 17.5 Å². The van der Waals surface area contributed by atoms with E-state index in [1.165, 1.54) is 17.4 Å². The van der Waals surface area contributed by atoms with Gasteiger partial charge in [0.05, 0.1) is 18.4 Å². The van der Waals surface area contributed by atoms with Crippen LogP contribution in [0.15, 0.2) is 35.1 Å². The molecule has 0 bridgehead atoms. The van der Waals surface area contributed by atoms with Gasteiger partial charge in [-0.15, -0.1) is 0 Å². The Kier molecular flexibility index (Phi) is 4.65. The van der Waals surface area contributed by atoms with E-state index in [9.17, 15) is 9.59 Å². The number of benzene rings is 1. The minimum atomic E-state index is -0.249. The van der Waals surface area contributed by atoms with E-state index < -0.39 is 0 Å². The zero-order chi connectivity index (χ0) is 16.3. The monoisotopic (exact) mass is 300 g/mol. The number of nitrogens with zero attached hydrogens (tertiary/aromatic N) is 1. The molecule has 0 saturated carbocycles. The minimum Gasteiger partial charge on any atom is -0.472 e. The third-order valence-electron chi connectivity index (χ3n) is 3.44. The molecule has 1 N–H and O–H groups in total. The Hall–Kier alpha value is -2.56. The van der Waals surface area contributed by atoms with Crippen LogP contribution in [-0.2, 0) is 4.79 Å². The van der Waals surface area contributed by atoms with Crippen LogP contribution in [0.3, 0.4) is 0 Å². The Morgan fingerprint density at radius 3 is 2.36 bits per heavy atom. The summed E-state index contributed by atoms with van der Waals surface area (Å²) in [5, 5.41) is 2.88. The van der Waals surface area contributed by atoms with Gasteiger partial charge in [-0.25, -0.2) is 0 Å². The molecule has 0 unspecified atom stereocenters. The summed E-state index contributed by atoms with van der Waals surface area (Å²) in [4.78, 5) is 25.6. The second-order valence-electron chi connectivity index (χ2n) is 5.50. The third kappa shape index (κ3) is 3.55. The van der Waals surface area contributed by atoms with Crippen molar-refractivity contribution in [1.82, 2.24) is 4.90 Å². The highest BCUT2D eigenvalue weighted by molar-refractivity contribution is 5.99. The van der Waals surface area contributed by atoms with Crippen LogP contribution in [0, 0.1) is 20.8 Å². The van der Waals surface area contributed by atoms with Crippen LogP contribution in [0.5, 0.6) is 0 Å². The number of rotatable bonds is 4. The summed E-state index contributed by atoms with van der Waals surface area (Å²) in [5.41, 5.74) is 4.40. The molecule has 2 rings (SSSR count). The Morgan fingerprint density at radius 2 is 1.82 bits per heavy atom. The Bertz CT molecular complexity index is 667. The van der Waals surface area contributed by atoms with Crippen LogP contribution < -0.4 is 5.32 Å². The van der Waals surface area contributed by atoms with Gasteiger partial charge in [0, 0.05) is 12.7 Å². The van der Waals surface area contributed by atoms with Gasteiger partial charge in [-0.2, -0.15) is 0 Å². The van der Waals surface area contributed by atoms with Crippen molar-refractivity contribution in [2.24, 2.45) is 0 Å². The number of anilines is 1. The molecule has 0 aliphatic heterocycles. The predicted molar refractivity (Wildman–Crippen MR) is 85.0 cm³/mol. The van der Waals surface area contributed by atoms with E-state index in [1.54, 1.807) is 13.1 Å². The van der Waals surface area contributed by atoms with Crippen molar-refractivity contribution in [3.63, 3.8) is 0 Å². The molecule has 1 aromatic heterocycles. The number of hydrogen-bond acceptors (Lipinski definition) is 3. The first-order chi connectivity index (χ1) is 10.4. The minimum absolute atomic E-state index is 0.0171. The average molecular weight is 300 g/mol. The summed E-state index contributed by atoms with van der Waals surface area (Å²) in [5.74, 6) is -0.476. The lowest BCUT2D eigenvalue weighted by Crippen LogP contribution is -2.35. The summed E-state index contributed by atoms with van der Waals surface area (Å²) in [6, 6.07) is 5.61. The number of furan rings is 1. The molecule has 0 radical (unpaired) electrons. The molecule has 0 atom stereocenters. The molecule has 1 heterocycles. The molecule has 0 saturated heterocycles. The standard InChI is InChI=1S/C17H20N2O3/c1-11-7-12(2)16(13(3)8-11)18-15(20)9-19(4)17(21)14-5-6-22-10-14/h5-8,10H,9H2,1-4H3,(H,18,20). The first-order valence-corrected chi connectivity index (χ1v) is 7.04.